The van der Waals surface area contributed by atoms with Crippen LogP contribution in [0, 0.1) is 23.0 Å². The molecule has 1 aliphatic carbocycles. The molecule has 1 spiro atoms. The highest BCUT2D eigenvalue weighted by atomic mass is 35.5. The van der Waals surface area contributed by atoms with Crippen molar-refractivity contribution in [2.24, 2.45) is 5.41 Å². The van der Waals surface area contributed by atoms with Crippen molar-refractivity contribution in [3.8, 4) is 0 Å². The quantitative estimate of drug-likeness (QED) is 0.348. The van der Waals surface area contributed by atoms with Crippen molar-refractivity contribution < 1.29 is 13.2 Å². The smallest absolute Gasteiger partial charge is 0.214 e. The summed E-state index contributed by atoms with van der Waals surface area (Å²) in [7, 11) is 2.13. The summed E-state index contributed by atoms with van der Waals surface area (Å²) < 4.78 is 45.6. The molecule has 1 N–H and O–H groups in total. The Morgan fingerprint density at radius 3 is 2.80 bits per heavy atom. The molecular weight excluding hydrogens is 433 g/mol. The van der Waals surface area contributed by atoms with Gasteiger partial charge in [-0.15, -0.1) is 0 Å². The standard InChI is InChI=1S/C21H24ClF3N4S/c1-3-28(2)15-7-8-21(15)9-10-29(12-21)14-11-13(23)20(19(25)18(14)22)30-27-17-6-4-5-16(24)26-17/h4-6,11,15H,3,7-10,12H2,1-2H3,(H,26,27)/t15?,21-/m0/s1. The second-order valence-corrected chi connectivity index (χ2v) is 9.24. The van der Waals surface area contributed by atoms with Crippen LogP contribution >= 0.6 is 23.5 Å². The molecule has 1 unspecified atom stereocenters. The summed E-state index contributed by atoms with van der Waals surface area (Å²) in [4.78, 5) is 7.72. The second kappa shape index (κ2) is 8.48. The van der Waals surface area contributed by atoms with Gasteiger partial charge in [-0.1, -0.05) is 24.6 Å². The minimum Gasteiger partial charge on any atom is -0.370 e. The van der Waals surface area contributed by atoms with Gasteiger partial charge < -0.3 is 14.5 Å². The third kappa shape index (κ3) is 3.85. The van der Waals surface area contributed by atoms with Crippen LogP contribution in [-0.4, -0.2) is 42.6 Å². The maximum atomic E-state index is 14.9. The Kier molecular flexibility index (Phi) is 6.10. The van der Waals surface area contributed by atoms with Crippen molar-refractivity contribution >= 4 is 35.1 Å². The van der Waals surface area contributed by atoms with E-state index in [0.29, 0.717) is 23.7 Å². The number of pyridine rings is 1. The molecule has 2 aromatic rings. The topological polar surface area (TPSA) is 31.4 Å². The Morgan fingerprint density at radius 2 is 2.13 bits per heavy atom. The predicted octanol–water partition coefficient (Wildman–Crippen LogP) is 5.58. The van der Waals surface area contributed by atoms with Gasteiger partial charge in [0.1, 0.15) is 21.6 Å². The molecule has 2 heterocycles. The van der Waals surface area contributed by atoms with Crippen LogP contribution < -0.4 is 9.62 Å². The largest absolute Gasteiger partial charge is 0.370 e. The molecule has 0 bridgehead atoms. The molecule has 0 amide bonds. The number of hydrogen-bond donors (Lipinski definition) is 1. The van der Waals surface area contributed by atoms with E-state index in [1.807, 2.05) is 4.90 Å². The van der Waals surface area contributed by atoms with Gasteiger partial charge in [-0.05, 0) is 56.9 Å². The summed E-state index contributed by atoms with van der Waals surface area (Å²) in [6.07, 6.45) is 3.27. The summed E-state index contributed by atoms with van der Waals surface area (Å²) in [5.41, 5.74) is 0.556. The lowest BCUT2D eigenvalue weighted by Crippen LogP contribution is -2.55. The van der Waals surface area contributed by atoms with Gasteiger partial charge in [-0.2, -0.15) is 4.39 Å². The zero-order valence-corrected chi connectivity index (χ0v) is 18.5. The molecular formula is C21H24ClF3N4S. The SMILES string of the molecule is CCN(C)C1CC[C@@]12CCN(c1cc(F)c(SNc3cccc(F)n3)c(F)c1Cl)C2. The number of nitrogens with one attached hydrogen (secondary N) is 1. The van der Waals surface area contributed by atoms with Crippen LogP contribution in [0.5, 0.6) is 0 Å². The number of nitrogens with zero attached hydrogens (tertiary/aromatic N) is 3. The number of anilines is 2. The minimum absolute atomic E-state index is 0.0929. The number of hydrogen-bond acceptors (Lipinski definition) is 5. The number of rotatable bonds is 6. The van der Waals surface area contributed by atoms with Crippen molar-refractivity contribution in [1.82, 2.24) is 9.88 Å². The van der Waals surface area contributed by atoms with E-state index in [-0.39, 0.29) is 21.2 Å². The Balaban J connectivity index is 1.52. The predicted molar refractivity (Wildman–Crippen MR) is 116 cm³/mol. The Hall–Kier alpha value is -1.64. The summed E-state index contributed by atoms with van der Waals surface area (Å²) >= 11 is 7.01. The van der Waals surface area contributed by atoms with Gasteiger partial charge in [-0.3, -0.25) is 0 Å². The lowest BCUT2D eigenvalue weighted by Gasteiger charge is -2.51. The third-order valence-corrected chi connectivity index (χ3v) is 7.70. The highest BCUT2D eigenvalue weighted by Crippen LogP contribution is 2.52. The molecule has 9 heteroatoms. The molecule has 4 rings (SSSR count). The monoisotopic (exact) mass is 456 g/mol. The molecule has 1 aromatic carbocycles. The molecule has 2 fully saturated rings. The van der Waals surface area contributed by atoms with E-state index in [1.54, 1.807) is 0 Å². The van der Waals surface area contributed by atoms with E-state index in [2.05, 4.69) is 28.6 Å². The molecule has 1 saturated heterocycles. The van der Waals surface area contributed by atoms with E-state index >= 15 is 0 Å². The van der Waals surface area contributed by atoms with E-state index < -0.39 is 17.6 Å². The first-order valence-electron chi connectivity index (χ1n) is 10.0. The van der Waals surface area contributed by atoms with Gasteiger partial charge >= 0.3 is 0 Å². The summed E-state index contributed by atoms with van der Waals surface area (Å²) in [6, 6.07) is 5.95. The normalized spacial score (nSPS) is 23.3. The van der Waals surface area contributed by atoms with Crippen molar-refractivity contribution in [2.45, 2.75) is 37.1 Å². The van der Waals surface area contributed by atoms with Crippen LogP contribution in [0.1, 0.15) is 26.2 Å². The van der Waals surface area contributed by atoms with Gasteiger partial charge in [0, 0.05) is 30.6 Å². The summed E-state index contributed by atoms with van der Waals surface area (Å²) in [6.45, 7) is 4.60. The Morgan fingerprint density at radius 1 is 1.33 bits per heavy atom. The van der Waals surface area contributed by atoms with Crippen LogP contribution in [0.4, 0.5) is 24.7 Å². The van der Waals surface area contributed by atoms with Gasteiger partial charge in [0.25, 0.3) is 0 Å². The average molecular weight is 457 g/mol. The lowest BCUT2D eigenvalue weighted by atomic mass is 9.63. The first-order chi connectivity index (χ1) is 14.3. The first-order valence-corrected chi connectivity index (χ1v) is 11.2. The maximum Gasteiger partial charge on any atom is 0.214 e. The van der Waals surface area contributed by atoms with Gasteiger partial charge in [0.2, 0.25) is 5.95 Å². The van der Waals surface area contributed by atoms with Crippen molar-refractivity contribution in [3.05, 3.63) is 46.9 Å². The highest BCUT2D eigenvalue weighted by Gasteiger charge is 2.52. The van der Waals surface area contributed by atoms with Gasteiger partial charge in [0.15, 0.2) is 5.82 Å². The molecule has 1 aliphatic heterocycles. The van der Waals surface area contributed by atoms with E-state index in [4.69, 9.17) is 11.6 Å². The average Bonchev–Trinajstić information content (AvgIpc) is 3.17. The fraction of sp³-hybridized carbons (Fsp3) is 0.476. The number of aromatic nitrogens is 1. The van der Waals surface area contributed by atoms with Crippen molar-refractivity contribution in [1.29, 1.82) is 0 Å². The fourth-order valence-electron chi connectivity index (χ4n) is 4.63. The van der Waals surface area contributed by atoms with Crippen LogP contribution in [-0.2, 0) is 0 Å². The van der Waals surface area contributed by atoms with E-state index in [0.717, 1.165) is 38.9 Å². The molecule has 30 heavy (non-hydrogen) atoms. The van der Waals surface area contributed by atoms with Crippen LogP contribution in [0.3, 0.4) is 0 Å². The van der Waals surface area contributed by atoms with E-state index in [1.165, 1.54) is 24.3 Å². The molecule has 1 aromatic heterocycles. The van der Waals surface area contributed by atoms with Crippen LogP contribution in [0.25, 0.3) is 0 Å². The zero-order chi connectivity index (χ0) is 21.5. The fourth-order valence-corrected chi connectivity index (χ4v) is 5.62. The number of halogens is 4. The van der Waals surface area contributed by atoms with Crippen molar-refractivity contribution in [2.75, 3.05) is 36.3 Å². The summed E-state index contributed by atoms with van der Waals surface area (Å²) in [5.74, 6) is -2.05. The van der Waals surface area contributed by atoms with Crippen molar-refractivity contribution in [3.63, 3.8) is 0 Å². The first kappa shape index (κ1) is 21.6. The molecule has 162 valence electrons. The van der Waals surface area contributed by atoms with Gasteiger partial charge in [0.05, 0.1) is 5.69 Å². The van der Waals surface area contributed by atoms with E-state index in [9.17, 15) is 13.2 Å². The molecule has 0 radical (unpaired) electrons. The zero-order valence-electron chi connectivity index (χ0n) is 16.9. The van der Waals surface area contributed by atoms with Gasteiger partial charge in [-0.25, -0.2) is 13.8 Å². The molecule has 1 saturated carbocycles. The van der Waals surface area contributed by atoms with Crippen LogP contribution in [0.2, 0.25) is 5.02 Å². The minimum atomic E-state index is -0.822. The highest BCUT2D eigenvalue weighted by molar-refractivity contribution is 8.00. The molecule has 4 nitrogen and oxygen atoms in total. The Labute approximate surface area is 183 Å². The lowest BCUT2D eigenvalue weighted by molar-refractivity contribution is 0.00631. The molecule has 2 atom stereocenters. The number of benzene rings is 1. The second-order valence-electron chi connectivity index (χ2n) is 8.05. The maximum absolute atomic E-state index is 14.9. The Bertz CT molecular complexity index is 947. The third-order valence-electron chi connectivity index (χ3n) is 6.45. The molecule has 2 aliphatic rings. The van der Waals surface area contributed by atoms with Crippen LogP contribution in [0.15, 0.2) is 29.2 Å². The summed E-state index contributed by atoms with van der Waals surface area (Å²) in [5, 5.41) is -0.0929.